The first kappa shape index (κ1) is 20.8. The van der Waals surface area contributed by atoms with E-state index in [-0.39, 0.29) is 6.10 Å². The van der Waals surface area contributed by atoms with Crippen molar-refractivity contribution in [2.75, 3.05) is 0 Å². The fourth-order valence-electron chi connectivity index (χ4n) is 2.57. The number of carbonyl (C=O) groups is 1. The number of aromatic nitrogens is 2. The third-order valence-electron chi connectivity index (χ3n) is 4.37. The number of benzene rings is 1. The Hall–Kier alpha value is -2.93. The lowest BCUT2D eigenvalue weighted by Gasteiger charge is -2.22. The van der Waals surface area contributed by atoms with Gasteiger partial charge in [-0.25, -0.2) is 14.8 Å². The Labute approximate surface area is 174 Å². The molecule has 0 saturated carbocycles. The van der Waals surface area contributed by atoms with Crippen LogP contribution >= 0.6 is 11.3 Å². The van der Waals surface area contributed by atoms with Crippen LogP contribution in [-0.2, 0) is 11.2 Å². The second kappa shape index (κ2) is 8.61. The molecule has 1 atom stereocenters. The van der Waals surface area contributed by atoms with E-state index in [1.807, 2.05) is 37.5 Å². The Morgan fingerprint density at radius 1 is 1.17 bits per heavy atom. The maximum absolute atomic E-state index is 11.3. The van der Waals surface area contributed by atoms with Crippen LogP contribution in [0.2, 0.25) is 0 Å². The number of carboxylic acid groups (broad SMARTS) is 1. The van der Waals surface area contributed by atoms with Crippen molar-refractivity contribution in [2.45, 2.75) is 45.8 Å². The van der Waals surface area contributed by atoms with Crippen LogP contribution in [0, 0.1) is 0 Å². The first-order valence-corrected chi connectivity index (χ1v) is 10.2. The van der Waals surface area contributed by atoms with Crippen molar-refractivity contribution < 1.29 is 19.4 Å². The molecule has 0 bridgehead atoms. The number of nitrogens with zero attached hydrogens (tertiary/aromatic N) is 2. The Kier molecular flexibility index (Phi) is 6.17. The molecule has 0 radical (unpaired) electrons. The third kappa shape index (κ3) is 5.12. The average Bonchev–Trinajstić information content (AvgIpc) is 3.18. The average molecular weight is 413 g/mol. The maximum atomic E-state index is 11.3. The maximum Gasteiger partial charge on any atom is 0.347 e. The molecule has 0 amide bonds. The Morgan fingerprint density at radius 2 is 1.86 bits per heavy atom. The van der Waals surface area contributed by atoms with E-state index in [9.17, 15) is 9.90 Å². The van der Waals surface area contributed by atoms with E-state index in [0.717, 1.165) is 21.7 Å². The number of hydrogen-bond donors (Lipinski definition) is 1. The zero-order chi connectivity index (χ0) is 21.0. The summed E-state index contributed by atoms with van der Waals surface area (Å²) in [5.41, 5.74) is -0.212. The van der Waals surface area contributed by atoms with Crippen LogP contribution in [0.5, 0.6) is 11.5 Å². The molecular formula is C22H24N2O4S. The molecule has 0 fully saturated rings. The van der Waals surface area contributed by atoms with Gasteiger partial charge in [0.05, 0.1) is 4.88 Å². The highest BCUT2D eigenvalue weighted by molar-refractivity contribution is 7.15. The number of carboxylic acids is 1. The molecule has 7 heteroatoms. The van der Waals surface area contributed by atoms with Crippen LogP contribution in [0.25, 0.3) is 10.7 Å². The van der Waals surface area contributed by atoms with Crippen LogP contribution in [-0.4, -0.2) is 26.6 Å². The molecule has 29 heavy (non-hydrogen) atoms. The summed E-state index contributed by atoms with van der Waals surface area (Å²) in [6.07, 6.45) is 4.43. The molecule has 0 aliphatic heterocycles. The van der Waals surface area contributed by atoms with Gasteiger partial charge in [-0.3, -0.25) is 0 Å². The van der Waals surface area contributed by atoms with Crippen molar-refractivity contribution in [3.05, 3.63) is 59.2 Å². The highest BCUT2D eigenvalue weighted by Gasteiger charge is 2.29. The molecule has 2 heterocycles. The van der Waals surface area contributed by atoms with E-state index in [0.29, 0.717) is 17.3 Å². The molecule has 6 nitrogen and oxygen atoms in total. The number of aliphatic carboxylic acids is 1. The van der Waals surface area contributed by atoms with E-state index in [1.54, 1.807) is 29.5 Å². The standard InChI is InChI=1S/C22H24N2O4S/c1-5-15-12-23-20(24-13-15)19-10-9-18(29-19)14(2)27-16-7-6-8-17(11-16)28-22(3,4)21(25)26/h6-14H,5H2,1-4H3,(H,25,26). The fourth-order valence-corrected chi connectivity index (χ4v) is 3.50. The first-order valence-electron chi connectivity index (χ1n) is 9.38. The molecular weight excluding hydrogens is 388 g/mol. The molecule has 0 saturated heterocycles. The summed E-state index contributed by atoms with van der Waals surface area (Å²) in [5.74, 6) is 0.725. The van der Waals surface area contributed by atoms with Crippen molar-refractivity contribution >= 4 is 17.3 Å². The zero-order valence-corrected chi connectivity index (χ0v) is 17.7. The molecule has 0 spiro atoms. The lowest BCUT2D eigenvalue weighted by atomic mass is 10.1. The predicted octanol–water partition coefficient (Wildman–Crippen LogP) is 5.15. The molecule has 152 valence electrons. The summed E-state index contributed by atoms with van der Waals surface area (Å²) in [6.45, 7) is 7.05. The summed E-state index contributed by atoms with van der Waals surface area (Å²) >= 11 is 1.59. The fraction of sp³-hybridized carbons (Fsp3) is 0.318. The zero-order valence-electron chi connectivity index (χ0n) is 16.9. The molecule has 0 aliphatic rings. The topological polar surface area (TPSA) is 81.5 Å². The second-order valence-corrected chi connectivity index (χ2v) is 8.24. The molecule has 0 aliphatic carbocycles. The minimum absolute atomic E-state index is 0.189. The van der Waals surface area contributed by atoms with Crippen molar-refractivity contribution in [1.29, 1.82) is 0 Å². The molecule has 1 N–H and O–H groups in total. The van der Waals surface area contributed by atoms with Gasteiger partial charge in [-0.15, -0.1) is 11.3 Å². The molecule has 3 aromatic rings. The molecule has 3 rings (SSSR count). The molecule has 1 unspecified atom stereocenters. The van der Waals surface area contributed by atoms with Gasteiger partial charge in [-0.1, -0.05) is 13.0 Å². The number of hydrogen-bond acceptors (Lipinski definition) is 6. The van der Waals surface area contributed by atoms with Crippen LogP contribution in [0.4, 0.5) is 0 Å². The van der Waals surface area contributed by atoms with Gasteiger partial charge >= 0.3 is 5.97 Å². The van der Waals surface area contributed by atoms with Gasteiger partial charge in [0.2, 0.25) is 0 Å². The van der Waals surface area contributed by atoms with Crippen LogP contribution in [0.15, 0.2) is 48.8 Å². The van der Waals surface area contributed by atoms with Gasteiger partial charge in [0.1, 0.15) is 17.6 Å². The Balaban J connectivity index is 1.70. The van der Waals surface area contributed by atoms with Crippen molar-refractivity contribution in [1.82, 2.24) is 9.97 Å². The smallest absolute Gasteiger partial charge is 0.347 e. The van der Waals surface area contributed by atoms with E-state index >= 15 is 0 Å². The summed E-state index contributed by atoms with van der Waals surface area (Å²) in [6, 6.07) is 11.0. The number of ether oxygens (including phenoxy) is 2. The van der Waals surface area contributed by atoms with E-state index in [2.05, 4.69) is 16.9 Å². The molecule has 1 aromatic carbocycles. The quantitative estimate of drug-likeness (QED) is 0.551. The Bertz CT molecular complexity index is 982. The summed E-state index contributed by atoms with van der Waals surface area (Å²) in [4.78, 5) is 22.2. The van der Waals surface area contributed by atoms with Crippen molar-refractivity contribution in [3.63, 3.8) is 0 Å². The minimum atomic E-state index is -1.32. The van der Waals surface area contributed by atoms with Gasteiger partial charge in [-0.05, 0) is 57.0 Å². The van der Waals surface area contributed by atoms with Crippen LogP contribution in [0.1, 0.15) is 44.2 Å². The predicted molar refractivity (Wildman–Crippen MR) is 113 cm³/mol. The van der Waals surface area contributed by atoms with Crippen LogP contribution in [0.3, 0.4) is 0 Å². The number of aryl methyl sites for hydroxylation is 1. The monoisotopic (exact) mass is 412 g/mol. The van der Waals surface area contributed by atoms with Crippen molar-refractivity contribution in [2.24, 2.45) is 0 Å². The molecule has 2 aromatic heterocycles. The van der Waals surface area contributed by atoms with Crippen molar-refractivity contribution in [3.8, 4) is 22.2 Å². The lowest BCUT2D eigenvalue weighted by molar-refractivity contribution is -0.152. The summed E-state index contributed by atoms with van der Waals surface area (Å²) < 4.78 is 11.6. The van der Waals surface area contributed by atoms with Crippen LogP contribution < -0.4 is 9.47 Å². The minimum Gasteiger partial charge on any atom is -0.485 e. The SMILES string of the molecule is CCc1cnc(-c2ccc(C(C)Oc3cccc(OC(C)(C)C(=O)O)c3)s2)nc1. The van der Waals surface area contributed by atoms with Gasteiger partial charge in [0.15, 0.2) is 11.4 Å². The first-order chi connectivity index (χ1) is 13.8. The Morgan fingerprint density at radius 3 is 2.52 bits per heavy atom. The largest absolute Gasteiger partial charge is 0.485 e. The van der Waals surface area contributed by atoms with Gasteiger partial charge in [0.25, 0.3) is 0 Å². The van der Waals surface area contributed by atoms with E-state index in [1.165, 1.54) is 13.8 Å². The number of thiophene rings is 1. The highest BCUT2D eigenvalue weighted by atomic mass is 32.1. The second-order valence-electron chi connectivity index (χ2n) is 7.12. The lowest BCUT2D eigenvalue weighted by Crippen LogP contribution is -2.37. The van der Waals surface area contributed by atoms with E-state index in [4.69, 9.17) is 9.47 Å². The van der Waals surface area contributed by atoms with Gasteiger partial charge in [-0.2, -0.15) is 0 Å². The number of rotatable bonds is 8. The van der Waals surface area contributed by atoms with E-state index < -0.39 is 11.6 Å². The summed E-state index contributed by atoms with van der Waals surface area (Å²) in [7, 11) is 0. The summed E-state index contributed by atoms with van der Waals surface area (Å²) in [5, 5.41) is 9.23. The third-order valence-corrected chi connectivity index (χ3v) is 5.61. The van der Waals surface area contributed by atoms with Gasteiger partial charge < -0.3 is 14.6 Å². The van der Waals surface area contributed by atoms with Gasteiger partial charge in [0, 0.05) is 23.3 Å². The highest BCUT2D eigenvalue weighted by Crippen LogP contribution is 2.33. The normalized spacial score (nSPS) is 12.4.